The van der Waals surface area contributed by atoms with Crippen molar-refractivity contribution < 1.29 is 6.22 Å². The van der Waals surface area contributed by atoms with Crippen LogP contribution in [0.15, 0.2) is 0 Å². The maximum absolute atomic E-state index is 10.7. The van der Waals surface area contributed by atoms with Gasteiger partial charge in [0.1, 0.15) is 0 Å². The summed E-state index contributed by atoms with van der Waals surface area (Å²) in [5.74, 6) is 0. The first-order valence-electron chi connectivity index (χ1n) is 3.96. The van der Waals surface area contributed by atoms with E-state index in [1.54, 1.807) is 6.92 Å². The van der Waals surface area contributed by atoms with Crippen LogP contribution in [-0.2, 0) is 4.79 Å². The monoisotopic (exact) mass is 160 g/mol. The molecule has 1 saturated carbocycles. The van der Waals surface area contributed by atoms with Crippen LogP contribution in [0.1, 0.15) is 40.5 Å². The molecule has 10 heavy (non-hydrogen) atoms. The SMILES string of the molecule is CC(=O)SC1CCCCC1.[HH]. The van der Waals surface area contributed by atoms with E-state index in [-0.39, 0.29) is 6.54 Å². The highest BCUT2D eigenvalue weighted by Crippen LogP contribution is 2.28. The van der Waals surface area contributed by atoms with Gasteiger partial charge in [-0.15, -0.1) is 0 Å². The number of carbonyl (C=O) groups excluding carboxylic acids is 1. The topological polar surface area (TPSA) is 17.1 Å². The normalized spacial score (nSPS) is 20.9. The predicted octanol–water partition coefficient (Wildman–Crippen LogP) is 2.84. The lowest BCUT2D eigenvalue weighted by Gasteiger charge is -2.18. The smallest absolute Gasteiger partial charge is 0.186 e. The molecule has 0 aromatic carbocycles. The van der Waals surface area contributed by atoms with Crippen LogP contribution in [0.4, 0.5) is 0 Å². The van der Waals surface area contributed by atoms with E-state index in [9.17, 15) is 4.79 Å². The van der Waals surface area contributed by atoms with Crippen molar-refractivity contribution >= 4 is 16.9 Å². The molecule has 0 radical (unpaired) electrons. The summed E-state index contributed by atoms with van der Waals surface area (Å²) in [6.45, 7) is 1.67. The molecule has 1 aliphatic rings. The molecule has 0 atom stereocenters. The van der Waals surface area contributed by atoms with E-state index in [1.807, 2.05) is 0 Å². The van der Waals surface area contributed by atoms with E-state index in [2.05, 4.69) is 0 Å². The zero-order valence-corrected chi connectivity index (χ0v) is 7.25. The van der Waals surface area contributed by atoms with E-state index in [0.717, 1.165) is 0 Å². The van der Waals surface area contributed by atoms with Crippen molar-refractivity contribution in [3.05, 3.63) is 0 Å². The third-order valence-electron chi connectivity index (χ3n) is 1.88. The summed E-state index contributed by atoms with van der Waals surface area (Å²) in [6.07, 6.45) is 6.53. The average Bonchev–Trinajstić information content (AvgIpc) is 1.88. The van der Waals surface area contributed by atoms with Crippen LogP contribution in [0.3, 0.4) is 0 Å². The average molecular weight is 160 g/mol. The number of carbonyl (C=O) groups is 1. The predicted molar refractivity (Wildman–Crippen MR) is 47.3 cm³/mol. The van der Waals surface area contributed by atoms with Gasteiger partial charge in [0.05, 0.1) is 0 Å². The van der Waals surface area contributed by atoms with Crippen molar-refractivity contribution in [3.63, 3.8) is 0 Å². The van der Waals surface area contributed by atoms with Crippen LogP contribution >= 0.6 is 11.8 Å². The summed E-state index contributed by atoms with van der Waals surface area (Å²) < 4.78 is 0. The molecule has 0 aromatic rings. The number of thioether (sulfide) groups is 1. The molecule has 0 aromatic heterocycles. The summed E-state index contributed by atoms with van der Waals surface area (Å²) in [5.41, 5.74) is 0. The Labute approximate surface area is 68.1 Å². The number of rotatable bonds is 1. The fraction of sp³-hybridized carbons (Fsp3) is 0.875. The standard InChI is InChI=1S/C8H14OS.H2/c1-7(9)10-8-5-3-2-4-6-8;/h8H,2-6H2,1H3;1H. The van der Waals surface area contributed by atoms with Crippen molar-refractivity contribution in [3.8, 4) is 0 Å². The lowest BCUT2D eigenvalue weighted by molar-refractivity contribution is -0.109. The molecule has 0 heterocycles. The summed E-state index contributed by atoms with van der Waals surface area (Å²) in [4.78, 5) is 10.7. The molecule has 1 fully saturated rings. The Bertz CT molecular complexity index is 121. The highest BCUT2D eigenvalue weighted by molar-refractivity contribution is 8.14. The molecule has 60 valence electrons. The van der Waals surface area contributed by atoms with E-state index in [1.165, 1.54) is 43.9 Å². The maximum atomic E-state index is 10.7. The quantitative estimate of drug-likeness (QED) is 0.586. The first-order valence-corrected chi connectivity index (χ1v) is 4.84. The Morgan fingerprint density at radius 3 is 2.50 bits per heavy atom. The van der Waals surface area contributed by atoms with E-state index >= 15 is 0 Å². The highest BCUT2D eigenvalue weighted by Gasteiger charge is 2.14. The van der Waals surface area contributed by atoms with Crippen molar-refractivity contribution in [1.29, 1.82) is 0 Å². The summed E-state index contributed by atoms with van der Waals surface area (Å²) in [7, 11) is 0. The van der Waals surface area contributed by atoms with Gasteiger partial charge in [-0.05, 0) is 12.8 Å². The molecule has 0 aliphatic heterocycles. The van der Waals surface area contributed by atoms with Crippen molar-refractivity contribution in [1.82, 2.24) is 0 Å². The second kappa shape index (κ2) is 4.02. The molecule has 2 heteroatoms. The fourth-order valence-corrected chi connectivity index (χ4v) is 2.46. The first kappa shape index (κ1) is 8.12. The fourth-order valence-electron chi connectivity index (χ4n) is 1.42. The van der Waals surface area contributed by atoms with Crippen molar-refractivity contribution in [2.24, 2.45) is 0 Å². The third kappa shape index (κ3) is 2.74. The Balaban J connectivity index is 0.000001000. The van der Waals surface area contributed by atoms with Gasteiger partial charge in [-0.25, -0.2) is 0 Å². The van der Waals surface area contributed by atoms with Gasteiger partial charge in [0, 0.05) is 13.6 Å². The molecule has 0 bridgehead atoms. The molecule has 1 nitrogen and oxygen atoms in total. The minimum atomic E-state index is 0. The van der Waals surface area contributed by atoms with Crippen LogP contribution in [-0.4, -0.2) is 10.4 Å². The molecular formula is C8H16OS. The molecule has 0 amide bonds. The van der Waals surface area contributed by atoms with Gasteiger partial charge >= 0.3 is 0 Å². The summed E-state index contributed by atoms with van der Waals surface area (Å²) in [6, 6.07) is 0. The molecule has 1 aliphatic carbocycles. The Hall–Kier alpha value is 0.0200. The Morgan fingerprint density at radius 2 is 2.00 bits per heavy atom. The van der Waals surface area contributed by atoms with Gasteiger partial charge in [-0.1, -0.05) is 31.0 Å². The van der Waals surface area contributed by atoms with Crippen LogP contribution < -0.4 is 0 Å². The molecule has 0 saturated heterocycles. The van der Waals surface area contributed by atoms with E-state index in [0.29, 0.717) is 5.25 Å². The molecule has 0 N–H and O–H groups in total. The molecular weight excluding hydrogens is 144 g/mol. The van der Waals surface area contributed by atoms with Gasteiger partial charge in [-0.3, -0.25) is 4.79 Å². The van der Waals surface area contributed by atoms with Crippen LogP contribution in [0, 0.1) is 0 Å². The Kier molecular flexibility index (Phi) is 3.26. The van der Waals surface area contributed by atoms with Crippen molar-refractivity contribution in [2.45, 2.75) is 44.3 Å². The van der Waals surface area contributed by atoms with Crippen LogP contribution in [0.2, 0.25) is 0 Å². The van der Waals surface area contributed by atoms with Crippen LogP contribution in [0.25, 0.3) is 0 Å². The molecule has 0 unspecified atom stereocenters. The minimum Gasteiger partial charge on any atom is -0.288 e. The largest absolute Gasteiger partial charge is 0.288 e. The Morgan fingerprint density at radius 1 is 1.40 bits per heavy atom. The maximum Gasteiger partial charge on any atom is 0.186 e. The zero-order valence-electron chi connectivity index (χ0n) is 6.43. The molecule has 1 rings (SSSR count). The molecule has 0 spiro atoms. The highest BCUT2D eigenvalue weighted by atomic mass is 32.2. The van der Waals surface area contributed by atoms with Crippen molar-refractivity contribution in [2.75, 3.05) is 0 Å². The lowest BCUT2D eigenvalue weighted by atomic mass is 10.0. The van der Waals surface area contributed by atoms with Gasteiger partial charge in [0.15, 0.2) is 5.12 Å². The van der Waals surface area contributed by atoms with Gasteiger partial charge < -0.3 is 0 Å². The zero-order chi connectivity index (χ0) is 7.40. The second-order valence-electron chi connectivity index (χ2n) is 2.87. The number of hydrogen-bond acceptors (Lipinski definition) is 2. The van der Waals surface area contributed by atoms with Gasteiger partial charge in [0.25, 0.3) is 0 Å². The minimum absolute atomic E-state index is 0. The second-order valence-corrected chi connectivity index (χ2v) is 4.35. The van der Waals surface area contributed by atoms with E-state index < -0.39 is 0 Å². The van der Waals surface area contributed by atoms with Crippen LogP contribution in [0.5, 0.6) is 0 Å². The van der Waals surface area contributed by atoms with Gasteiger partial charge in [0.2, 0.25) is 0 Å². The van der Waals surface area contributed by atoms with Gasteiger partial charge in [-0.2, -0.15) is 0 Å². The summed E-state index contributed by atoms with van der Waals surface area (Å²) in [5, 5.41) is 0.929. The number of hydrogen-bond donors (Lipinski definition) is 0. The third-order valence-corrected chi connectivity index (χ3v) is 3.02. The lowest BCUT2D eigenvalue weighted by Crippen LogP contribution is -2.09. The van der Waals surface area contributed by atoms with E-state index in [4.69, 9.17) is 0 Å². The first-order chi connectivity index (χ1) is 4.79. The summed E-state index contributed by atoms with van der Waals surface area (Å²) >= 11 is 1.54.